The zero-order valence-corrected chi connectivity index (χ0v) is 9.01. The molecule has 0 bridgehead atoms. The summed E-state index contributed by atoms with van der Waals surface area (Å²) in [6, 6.07) is 5.48. The molecule has 1 aromatic carbocycles. The van der Waals surface area contributed by atoms with Crippen LogP contribution in [-0.2, 0) is 6.42 Å². The molecule has 0 spiro atoms. The van der Waals surface area contributed by atoms with Gasteiger partial charge >= 0.3 is 0 Å². The highest BCUT2D eigenvalue weighted by atomic mass is 19.1. The van der Waals surface area contributed by atoms with Crippen molar-refractivity contribution < 1.29 is 14.0 Å². The van der Waals surface area contributed by atoms with Gasteiger partial charge in [0.1, 0.15) is 11.9 Å². The van der Waals surface area contributed by atoms with Gasteiger partial charge in [0.25, 0.3) is 0 Å². The van der Waals surface area contributed by atoms with Crippen molar-refractivity contribution in [1.29, 1.82) is 0 Å². The lowest BCUT2D eigenvalue weighted by Crippen LogP contribution is -2.14. The van der Waals surface area contributed by atoms with Crippen LogP contribution in [0.4, 0.5) is 4.39 Å². The first kappa shape index (κ1) is 11.7. The lowest BCUT2D eigenvalue weighted by molar-refractivity contribution is 0.236. The molecule has 2 rings (SSSR count). The van der Waals surface area contributed by atoms with Crippen LogP contribution >= 0.6 is 0 Å². The highest BCUT2D eigenvalue weighted by molar-refractivity contribution is 5.19. The van der Waals surface area contributed by atoms with Crippen LogP contribution in [0.3, 0.4) is 0 Å². The topological polar surface area (TPSA) is 85.2 Å². The molecule has 0 aliphatic rings. The van der Waals surface area contributed by atoms with Gasteiger partial charge in [0.05, 0.1) is 6.61 Å². The number of hydrogen-bond acceptors (Lipinski definition) is 5. The molecule has 1 heterocycles. The molecule has 0 saturated carbocycles. The zero-order valence-electron chi connectivity index (χ0n) is 9.01. The Morgan fingerprint density at radius 1 is 1.47 bits per heavy atom. The van der Waals surface area contributed by atoms with Crippen LogP contribution in [0, 0.1) is 5.82 Å². The quantitative estimate of drug-likeness (QED) is 0.821. The monoisotopic (exact) mass is 237 g/mol. The van der Waals surface area contributed by atoms with E-state index in [0.717, 1.165) is 5.56 Å². The summed E-state index contributed by atoms with van der Waals surface area (Å²) in [5.41, 5.74) is 6.26. The zero-order chi connectivity index (χ0) is 12.3. The fraction of sp³-hybridized carbons (Fsp3) is 0.273. The highest BCUT2D eigenvalue weighted by Gasteiger charge is 2.13. The first-order valence-corrected chi connectivity index (χ1v) is 5.12. The van der Waals surface area contributed by atoms with E-state index in [2.05, 4.69) is 10.1 Å². The normalized spacial score (nSPS) is 12.6. The summed E-state index contributed by atoms with van der Waals surface area (Å²) in [6.45, 7) is -0.262. The van der Waals surface area contributed by atoms with Crippen molar-refractivity contribution in [2.24, 2.45) is 5.73 Å². The van der Waals surface area contributed by atoms with Gasteiger partial charge in [-0.3, -0.25) is 0 Å². The third kappa shape index (κ3) is 2.86. The van der Waals surface area contributed by atoms with Gasteiger partial charge in [0.2, 0.25) is 5.89 Å². The number of aromatic nitrogens is 2. The van der Waals surface area contributed by atoms with Crippen LogP contribution in [0.1, 0.15) is 23.3 Å². The smallest absolute Gasteiger partial charge is 0.245 e. The van der Waals surface area contributed by atoms with Gasteiger partial charge in [0.15, 0.2) is 5.82 Å². The predicted molar refractivity (Wildman–Crippen MR) is 57.5 cm³/mol. The minimum absolute atomic E-state index is 0.180. The second kappa shape index (κ2) is 5.03. The van der Waals surface area contributed by atoms with Crippen molar-refractivity contribution in [1.82, 2.24) is 10.1 Å². The van der Waals surface area contributed by atoms with Gasteiger partial charge in [-0.25, -0.2) is 4.39 Å². The van der Waals surface area contributed by atoms with E-state index in [1.54, 1.807) is 12.1 Å². The number of halogens is 1. The lowest BCUT2D eigenvalue weighted by Gasteiger charge is -1.98. The molecule has 5 nitrogen and oxygen atoms in total. The van der Waals surface area contributed by atoms with Crippen LogP contribution in [0.2, 0.25) is 0 Å². The number of nitrogens with zero attached hydrogens (tertiary/aromatic N) is 2. The summed E-state index contributed by atoms with van der Waals surface area (Å²) in [5, 5.41) is 12.5. The Morgan fingerprint density at radius 3 is 3.00 bits per heavy atom. The van der Waals surface area contributed by atoms with E-state index in [1.807, 2.05) is 0 Å². The van der Waals surface area contributed by atoms with Crippen molar-refractivity contribution in [3.05, 3.63) is 47.4 Å². The maximum absolute atomic E-state index is 12.9. The standard InChI is InChI=1S/C11H12FN3O2/c12-8-3-1-2-7(4-8)5-10-14-11(17-15-10)9(13)6-16/h1-4,9,16H,5-6,13H2. The molecule has 2 aromatic rings. The largest absolute Gasteiger partial charge is 0.394 e. The minimum Gasteiger partial charge on any atom is -0.394 e. The van der Waals surface area contributed by atoms with Gasteiger partial charge in [0, 0.05) is 6.42 Å². The van der Waals surface area contributed by atoms with Crippen LogP contribution < -0.4 is 5.73 Å². The molecule has 0 saturated heterocycles. The lowest BCUT2D eigenvalue weighted by atomic mass is 10.1. The maximum atomic E-state index is 12.9. The van der Waals surface area contributed by atoms with Gasteiger partial charge in [-0.1, -0.05) is 17.3 Å². The number of aliphatic hydroxyl groups is 1. The molecular formula is C11H12FN3O2. The second-order valence-electron chi connectivity index (χ2n) is 3.64. The summed E-state index contributed by atoms with van der Waals surface area (Å²) in [7, 11) is 0. The van der Waals surface area contributed by atoms with E-state index >= 15 is 0 Å². The Kier molecular flexibility index (Phi) is 3.46. The van der Waals surface area contributed by atoms with Gasteiger partial charge in [-0.15, -0.1) is 0 Å². The first-order chi connectivity index (χ1) is 8.19. The van der Waals surface area contributed by atoms with Crippen molar-refractivity contribution >= 4 is 0 Å². The Morgan fingerprint density at radius 2 is 2.29 bits per heavy atom. The Balaban J connectivity index is 2.11. The SMILES string of the molecule is NC(CO)c1nc(Cc2cccc(F)c2)no1. The van der Waals surface area contributed by atoms with Gasteiger partial charge in [-0.05, 0) is 17.7 Å². The molecule has 0 amide bonds. The number of benzene rings is 1. The van der Waals surface area contributed by atoms with Crippen LogP contribution in [0.5, 0.6) is 0 Å². The molecule has 0 aliphatic heterocycles. The van der Waals surface area contributed by atoms with E-state index in [9.17, 15) is 4.39 Å². The summed E-state index contributed by atoms with van der Waals surface area (Å²) < 4.78 is 17.8. The Labute approximate surface area is 97.1 Å². The van der Waals surface area contributed by atoms with Gasteiger partial charge < -0.3 is 15.4 Å². The molecular weight excluding hydrogens is 225 g/mol. The second-order valence-corrected chi connectivity index (χ2v) is 3.64. The molecule has 3 N–H and O–H groups in total. The first-order valence-electron chi connectivity index (χ1n) is 5.12. The number of nitrogens with two attached hydrogens (primary N) is 1. The van der Waals surface area contributed by atoms with Crippen molar-refractivity contribution in [2.75, 3.05) is 6.61 Å². The van der Waals surface area contributed by atoms with Crippen molar-refractivity contribution in [2.45, 2.75) is 12.5 Å². The van der Waals surface area contributed by atoms with Crippen LogP contribution in [0.15, 0.2) is 28.8 Å². The Bertz CT molecular complexity index is 501. The van der Waals surface area contributed by atoms with E-state index < -0.39 is 6.04 Å². The fourth-order valence-corrected chi connectivity index (χ4v) is 1.40. The molecule has 1 aromatic heterocycles. The molecule has 6 heteroatoms. The molecule has 0 radical (unpaired) electrons. The van der Waals surface area contributed by atoms with Crippen LogP contribution in [0.25, 0.3) is 0 Å². The predicted octanol–water partition coefficient (Wildman–Crippen LogP) is 0.792. The molecule has 1 unspecified atom stereocenters. The summed E-state index contributed by atoms with van der Waals surface area (Å²) in [5.74, 6) is 0.284. The number of hydrogen-bond donors (Lipinski definition) is 2. The number of rotatable bonds is 4. The van der Waals surface area contributed by atoms with Crippen molar-refractivity contribution in [3.63, 3.8) is 0 Å². The summed E-state index contributed by atoms with van der Waals surface area (Å²) in [4.78, 5) is 4.02. The van der Waals surface area contributed by atoms with E-state index in [0.29, 0.717) is 12.2 Å². The van der Waals surface area contributed by atoms with E-state index in [4.69, 9.17) is 15.4 Å². The molecule has 0 aliphatic carbocycles. The third-order valence-corrected chi connectivity index (χ3v) is 2.25. The average molecular weight is 237 g/mol. The summed E-state index contributed by atoms with van der Waals surface area (Å²) >= 11 is 0. The summed E-state index contributed by atoms with van der Waals surface area (Å²) in [6.07, 6.45) is 0.361. The van der Waals surface area contributed by atoms with Crippen LogP contribution in [-0.4, -0.2) is 21.9 Å². The fourth-order valence-electron chi connectivity index (χ4n) is 1.40. The maximum Gasteiger partial charge on any atom is 0.245 e. The highest BCUT2D eigenvalue weighted by Crippen LogP contribution is 2.11. The van der Waals surface area contributed by atoms with Crippen molar-refractivity contribution in [3.8, 4) is 0 Å². The number of aliphatic hydroxyl groups excluding tert-OH is 1. The third-order valence-electron chi connectivity index (χ3n) is 2.25. The minimum atomic E-state index is -0.677. The molecule has 17 heavy (non-hydrogen) atoms. The molecule has 1 atom stereocenters. The van der Waals surface area contributed by atoms with E-state index in [1.165, 1.54) is 12.1 Å². The molecule has 90 valence electrons. The Hall–Kier alpha value is -1.79. The average Bonchev–Trinajstić information content (AvgIpc) is 2.76. The van der Waals surface area contributed by atoms with E-state index in [-0.39, 0.29) is 18.3 Å². The molecule has 0 fully saturated rings. The van der Waals surface area contributed by atoms with Gasteiger partial charge in [-0.2, -0.15) is 4.98 Å².